The SMILES string of the molecule is CN=C(NCc1cc(C(C)C)no1)NC(C)c1ccc(F)cc1F. The summed E-state index contributed by atoms with van der Waals surface area (Å²) in [7, 11) is 1.61. The summed E-state index contributed by atoms with van der Waals surface area (Å²) in [5.41, 5.74) is 1.25. The van der Waals surface area contributed by atoms with Crippen LogP contribution in [-0.2, 0) is 6.54 Å². The molecule has 0 amide bonds. The van der Waals surface area contributed by atoms with Crippen LogP contribution in [0.15, 0.2) is 33.8 Å². The molecule has 1 heterocycles. The van der Waals surface area contributed by atoms with E-state index in [0.717, 1.165) is 11.8 Å². The van der Waals surface area contributed by atoms with E-state index in [0.29, 0.717) is 29.7 Å². The summed E-state index contributed by atoms with van der Waals surface area (Å²) in [5, 5.41) is 10.1. The molecule has 0 radical (unpaired) electrons. The molecule has 0 saturated heterocycles. The number of halogens is 2. The molecule has 0 aliphatic carbocycles. The third-order valence-corrected chi connectivity index (χ3v) is 3.60. The first-order valence-corrected chi connectivity index (χ1v) is 7.78. The number of hydrogen-bond donors (Lipinski definition) is 2. The van der Waals surface area contributed by atoms with Gasteiger partial charge in [-0.2, -0.15) is 0 Å². The Balaban J connectivity index is 1.96. The highest BCUT2D eigenvalue weighted by atomic mass is 19.1. The van der Waals surface area contributed by atoms with Crippen LogP contribution in [0.3, 0.4) is 0 Å². The zero-order valence-corrected chi connectivity index (χ0v) is 14.2. The molecule has 5 nitrogen and oxygen atoms in total. The minimum atomic E-state index is -0.600. The average Bonchev–Trinajstić information content (AvgIpc) is 3.00. The van der Waals surface area contributed by atoms with E-state index in [1.807, 2.05) is 19.9 Å². The van der Waals surface area contributed by atoms with Gasteiger partial charge in [-0.3, -0.25) is 4.99 Å². The van der Waals surface area contributed by atoms with Crippen molar-refractivity contribution in [2.24, 2.45) is 4.99 Å². The second-order valence-electron chi connectivity index (χ2n) is 5.83. The number of nitrogens with one attached hydrogen (secondary N) is 2. The Kier molecular flexibility index (Phi) is 5.89. The zero-order valence-electron chi connectivity index (χ0n) is 14.2. The molecule has 2 rings (SSSR count). The Hall–Kier alpha value is -2.44. The maximum Gasteiger partial charge on any atom is 0.191 e. The number of rotatable bonds is 5. The Morgan fingerprint density at radius 3 is 2.58 bits per heavy atom. The number of aliphatic imine (C=N–C) groups is 1. The van der Waals surface area contributed by atoms with Crippen LogP contribution in [0.25, 0.3) is 0 Å². The van der Waals surface area contributed by atoms with Crippen molar-refractivity contribution in [2.75, 3.05) is 7.05 Å². The molecule has 24 heavy (non-hydrogen) atoms. The zero-order chi connectivity index (χ0) is 17.7. The first kappa shape index (κ1) is 17.9. The predicted molar refractivity (Wildman–Crippen MR) is 88.7 cm³/mol. The van der Waals surface area contributed by atoms with Gasteiger partial charge in [0.1, 0.15) is 11.6 Å². The summed E-state index contributed by atoms with van der Waals surface area (Å²) in [6.07, 6.45) is 0. The summed E-state index contributed by atoms with van der Waals surface area (Å²) in [4.78, 5) is 4.09. The first-order chi connectivity index (χ1) is 11.4. The summed E-state index contributed by atoms with van der Waals surface area (Å²) < 4.78 is 32.1. The van der Waals surface area contributed by atoms with Crippen LogP contribution in [0.1, 0.15) is 49.7 Å². The van der Waals surface area contributed by atoms with Crippen LogP contribution < -0.4 is 10.6 Å². The molecule has 0 fully saturated rings. The van der Waals surface area contributed by atoms with Crippen LogP contribution >= 0.6 is 0 Å². The van der Waals surface area contributed by atoms with E-state index in [4.69, 9.17) is 4.52 Å². The largest absolute Gasteiger partial charge is 0.359 e. The van der Waals surface area contributed by atoms with E-state index in [1.165, 1.54) is 12.1 Å². The molecule has 1 unspecified atom stereocenters. The highest BCUT2D eigenvalue weighted by Crippen LogP contribution is 2.17. The Labute approximate surface area is 140 Å². The molecule has 0 spiro atoms. The normalized spacial score (nSPS) is 13.2. The molecule has 0 aliphatic rings. The van der Waals surface area contributed by atoms with E-state index in [2.05, 4.69) is 20.8 Å². The van der Waals surface area contributed by atoms with Crippen LogP contribution in [0, 0.1) is 11.6 Å². The quantitative estimate of drug-likeness (QED) is 0.648. The van der Waals surface area contributed by atoms with Crippen LogP contribution in [-0.4, -0.2) is 18.2 Å². The van der Waals surface area contributed by atoms with Crippen LogP contribution in [0.2, 0.25) is 0 Å². The van der Waals surface area contributed by atoms with Crippen molar-refractivity contribution in [3.05, 3.63) is 52.9 Å². The number of benzene rings is 1. The fraction of sp³-hybridized carbons (Fsp3) is 0.412. The van der Waals surface area contributed by atoms with E-state index < -0.39 is 11.6 Å². The third-order valence-electron chi connectivity index (χ3n) is 3.60. The van der Waals surface area contributed by atoms with Crippen molar-refractivity contribution in [2.45, 2.75) is 39.3 Å². The standard InChI is InChI=1S/C17H22F2N4O/c1-10(2)16-8-13(24-23-16)9-21-17(20-4)22-11(3)14-6-5-12(18)7-15(14)19/h5-8,10-11H,9H2,1-4H3,(H2,20,21,22). The maximum absolute atomic E-state index is 13.8. The lowest BCUT2D eigenvalue weighted by molar-refractivity contribution is 0.371. The van der Waals surface area contributed by atoms with Gasteiger partial charge in [-0.1, -0.05) is 25.1 Å². The van der Waals surface area contributed by atoms with E-state index in [1.54, 1.807) is 14.0 Å². The molecule has 0 saturated carbocycles. The molecule has 1 aromatic heterocycles. The van der Waals surface area contributed by atoms with Crippen LogP contribution in [0.5, 0.6) is 0 Å². The average molecular weight is 336 g/mol. The minimum Gasteiger partial charge on any atom is -0.359 e. The second kappa shape index (κ2) is 7.90. The van der Waals surface area contributed by atoms with Gasteiger partial charge >= 0.3 is 0 Å². The van der Waals surface area contributed by atoms with Crippen molar-refractivity contribution in [1.82, 2.24) is 15.8 Å². The predicted octanol–water partition coefficient (Wildman–Crippen LogP) is 3.50. The van der Waals surface area contributed by atoms with Gasteiger partial charge in [0.15, 0.2) is 11.7 Å². The molecule has 1 atom stereocenters. The molecule has 2 aromatic rings. The van der Waals surface area contributed by atoms with Gasteiger partial charge in [0.05, 0.1) is 18.3 Å². The van der Waals surface area contributed by atoms with Crippen molar-refractivity contribution in [1.29, 1.82) is 0 Å². The second-order valence-corrected chi connectivity index (χ2v) is 5.83. The summed E-state index contributed by atoms with van der Waals surface area (Å²) >= 11 is 0. The molecule has 1 aromatic carbocycles. The topological polar surface area (TPSA) is 62.5 Å². The first-order valence-electron chi connectivity index (χ1n) is 7.78. The summed E-state index contributed by atoms with van der Waals surface area (Å²) in [6.45, 7) is 6.25. The molecule has 7 heteroatoms. The maximum atomic E-state index is 13.8. The van der Waals surface area contributed by atoms with Crippen molar-refractivity contribution in [3.8, 4) is 0 Å². The fourth-order valence-electron chi connectivity index (χ4n) is 2.19. The lowest BCUT2D eigenvalue weighted by Crippen LogP contribution is -2.38. The lowest BCUT2D eigenvalue weighted by atomic mass is 10.1. The van der Waals surface area contributed by atoms with Gasteiger partial charge < -0.3 is 15.2 Å². The monoisotopic (exact) mass is 336 g/mol. The van der Waals surface area contributed by atoms with Gasteiger partial charge in [0.25, 0.3) is 0 Å². The van der Waals surface area contributed by atoms with Crippen molar-refractivity contribution >= 4 is 5.96 Å². The Morgan fingerprint density at radius 1 is 1.25 bits per heavy atom. The Bertz CT molecular complexity index is 712. The van der Waals surface area contributed by atoms with Crippen molar-refractivity contribution < 1.29 is 13.3 Å². The molecule has 2 N–H and O–H groups in total. The summed E-state index contributed by atoms with van der Waals surface area (Å²) in [5.74, 6) is 0.261. The molecular formula is C17H22F2N4O. The Morgan fingerprint density at radius 2 is 2.00 bits per heavy atom. The van der Waals surface area contributed by atoms with Crippen molar-refractivity contribution in [3.63, 3.8) is 0 Å². The highest BCUT2D eigenvalue weighted by Gasteiger charge is 2.14. The third kappa shape index (κ3) is 4.53. The number of aromatic nitrogens is 1. The van der Waals surface area contributed by atoms with E-state index in [9.17, 15) is 8.78 Å². The highest BCUT2D eigenvalue weighted by molar-refractivity contribution is 5.80. The summed E-state index contributed by atoms with van der Waals surface area (Å²) in [6, 6.07) is 5.02. The van der Waals surface area contributed by atoms with Gasteiger partial charge in [0, 0.05) is 24.7 Å². The number of nitrogens with zero attached hydrogens (tertiary/aromatic N) is 2. The number of hydrogen-bond acceptors (Lipinski definition) is 3. The van der Waals surface area contributed by atoms with Gasteiger partial charge in [-0.15, -0.1) is 0 Å². The number of guanidine groups is 1. The molecule has 130 valence electrons. The minimum absolute atomic E-state index is 0.293. The van der Waals surface area contributed by atoms with Gasteiger partial charge in [0.2, 0.25) is 0 Å². The molecular weight excluding hydrogens is 314 g/mol. The fourth-order valence-corrected chi connectivity index (χ4v) is 2.19. The van der Waals surface area contributed by atoms with Crippen LogP contribution in [0.4, 0.5) is 8.78 Å². The molecule has 0 bridgehead atoms. The lowest BCUT2D eigenvalue weighted by Gasteiger charge is -2.18. The van der Waals surface area contributed by atoms with E-state index in [-0.39, 0.29) is 6.04 Å². The molecule has 0 aliphatic heterocycles. The smallest absolute Gasteiger partial charge is 0.191 e. The van der Waals surface area contributed by atoms with Gasteiger partial charge in [-0.05, 0) is 18.9 Å². The van der Waals surface area contributed by atoms with Gasteiger partial charge in [-0.25, -0.2) is 8.78 Å². The van der Waals surface area contributed by atoms with E-state index >= 15 is 0 Å².